The van der Waals surface area contributed by atoms with Crippen LogP contribution < -0.4 is 15.4 Å². The molecule has 5 nitrogen and oxygen atoms in total. The summed E-state index contributed by atoms with van der Waals surface area (Å²) in [5.74, 6) is -0.403. The third-order valence-corrected chi connectivity index (χ3v) is 2.93. The van der Waals surface area contributed by atoms with Gasteiger partial charge in [-0.25, -0.2) is 4.79 Å². The first-order valence-corrected chi connectivity index (χ1v) is 6.67. The predicted octanol–water partition coefficient (Wildman–Crippen LogP) is 3.33. The van der Waals surface area contributed by atoms with E-state index < -0.39 is 15.8 Å². The molecule has 0 heterocycles. The number of ether oxygens (including phenoxy) is 1. The molecular weight excluding hydrogens is 327 g/mol. The van der Waals surface area contributed by atoms with Crippen LogP contribution in [0, 0.1) is 13.8 Å². The van der Waals surface area contributed by atoms with Gasteiger partial charge in [0.1, 0.15) is 5.75 Å². The number of hydrogen-bond acceptors (Lipinski definition) is 3. The molecule has 0 aliphatic rings. The second kappa shape index (κ2) is 6.52. The minimum absolute atomic E-state index is 0.353. The number of anilines is 1. The number of aryl methyl sites for hydroxylation is 2. The molecule has 1 aromatic rings. The van der Waals surface area contributed by atoms with Gasteiger partial charge in [0, 0.05) is 12.7 Å². The summed E-state index contributed by atoms with van der Waals surface area (Å²) >= 11 is 16.5. The van der Waals surface area contributed by atoms with Crippen molar-refractivity contribution < 1.29 is 14.3 Å². The maximum Gasteiger partial charge on any atom is 0.412 e. The van der Waals surface area contributed by atoms with E-state index in [0.717, 1.165) is 0 Å². The largest absolute Gasteiger partial charge is 0.412 e. The minimum atomic E-state index is -2.05. The minimum Gasteiger partial charge on any atom is -0.410 e. The quantitative estimate of drug-likeness (QED) is 0.812. The van der Waals surface area contributed by atoms with Gasteiger partial charge in [0.25, 0.3) is 9.70 Å². The summed E-state index contributed by atoms with van der Waals surface area (Å²) in [5, 5.41) is 4.86. The summed E-state index contributed by atoms with van der Waals surface area (Å²) in [5.41, 5.74) is 1.85. The lowest BCUT2D eigenvalue weighted by atomic mass is 10.1. The van der Waals surface area contributed by atoms with E-state index in [2.05, 4.69) is 10.6 Å². The van der Waals surface area contributed by atoms with Crippen molar-refractivity contribution in [2.45, 2.75) is 17.6 Å². The van der Waals surface area contributed by atoms with Gasteiger partial charge in [-0.2, -0.15) is 0 Å². The zero-order chi connectivity index (χ0) is 15.5. The summed E-state index contributed by atoms with van der Waals surface area (Å²) in [7, 11) is 1.46. The Kier molecular flexibility index (Phi) is 5.50. The van der Waals surface area contributed by atoms with Crippen molar-refractivity contribution in [3.63, 3.8) is 0 Å². The van der Waals surface area contributed by atoms with Gasteiger partial charge in [-0.15, -0.1) is 0 Å². The lowest BCUT2D eigenvalue weighted by Crippen LogP contribution is -2.27. The first kappa shape index (κ1) is 16.9. The Balaban J connectivity index is 3.01. The highest BCUT2D eigenvalue weighted by atomic mass is 35.6. The van der Waals surface area contributed by atoms with Crippen LogP contribution in [0.2, 0.25) is 0 Å². The average Bonchev–Trinajstić information content (AvgIpc) is 2.32. The van der Waals surface area contributed by atoms with Crippen molar-refractivity contribution >= 4 is 52.5 Å². The molecule has 0 aliphatic carbocycles. The molecule has 0 aliphatic heterocycles. The Bertz CT molecular complexity index is 518. The average molecular weight is 340 g/mol. The van der Waals surface area contributed by atoms with Crippen LogP contribution in [0.15, 0.2) is 12.1 Å². The lowest BCUT2D eigenvalue weighted by molar-refractivity contribution is -0.115. The first-order chi connectivity index (χ1) is 9.15. The molecule has 0 unspecified atom stereocenters. The fourth-order valence-electron chi connectivity index (χ4n) is 1.52. The SMILES string of the molecule is CNC(=O)Oc1cc(C)c(NC(=O)C(Cl)(Cl)Cl)c(C)c1. The van der Waals surface area contributed by atoms with Crippen molar-refractivity contribution in [2.75, 3.05) is 12.4 Å². The molecule has 0 radical (unpaired) electrons. The molecule has 0 atom stereocenters. The van der Waals surface area contributed by atoms with E-state index in [1.54, 1.807) is 26.0 Å². The van der Waals surface area contributed by atoms with Gasteiger partial charge in [-0.05, 0) is 37.1 Å². The van der Waals surface area contributed by atoms with Gasteiger partial charge in [-0.3, -0.25) is 4.79 Å². The Morgan fingerprint density at radius 1 is 1.15 bits per heavy atom. The molecule has 20 heavy (non-hydrogen) atoms. The second-order valence-corrected chi connectivity index (χ2v) is 6.30. The van der Waals surface area contributed by atoms with Crippen LogP contribution in [0.25, 0.3) is 0 Å². The van der Waals surface area contributed by atoms with Crippen molar-refractivity contribution in [2.24, 2.45) is 0 Å². The van der Waals surface area contributed by atoms with E-state index in [-0.39, 0.29) is 0 Å². The van der Waals surface area contributed by atoms with Gasteiger partial charge >= 0.3 is 6.09 Å². The molecule has 2 amide bonds. The number of carbonyl (C=O) groups is 2. The Morgan fingerprint density at radius 3 is 2.05 bits per heavy atom. The number of rotatable bonds is 2. The molecule has 1 rings (SSSR count). The van der Waals surface area contributed by atoms with Crippen molar-refractivity contribution in [3.8, 4) is 5.75 Å². The summed E-state index contributed by atoms with van der Waals surface area (Å²) < 4.78 is 2.97. The number of alkyl halides is 3. The number of benzene rings is 1. The number of hydrogen-bond donors (Lipinski definition) is 2. The van der Waals surface area contributed by atoms with Crippen LogP contribution in [0.4, 0.5) is 10.5 Å². The van der Waals surface area contributed by atoms with Crippen LogP contribution in [0.5, 0.6) is 5.75 Å². The maximum absolute atomic E-state index is 11.6. The van der Waals surface area contributed by atoms with E-state index in [9.17, 15) is 9.59 Å². The molecule has 110 valence electrons. The lowest BCUT2D eigenvalue weighted by Gasteiger charge is -2.16. The van der Waals surface area contributed by atoms with E-state index in [1.165, 1.54) is 7.05 Å². The maximum atomic E-state index is 11.6. The Hall–Kier alpha value is -1.17. The highest BCUT2D eigenvalue weighted by Gasteiger charge is 2.31. The van der Waals surface area contributed by atoms with E-state index in [0.29, 0.717) is 22.6 Å². The van der Waals surface area contributed by atoms with Crippen LogP contribution in [-0.4, -0.2) is 22.8 Å². The second-order valence-electron chi connectivity index (χ2n) is 4.02. The van der Waals surface area contributed by atoms with Crippen LogP contribution in [-0.2, 0) is 4.79 Å². The summed E-state index contributed by atoms with van der Waals surface area (Å²) in [6, 6.07) is 3.19. The molecule has 2 N–H and O–H groups in total. The van der Waals surface area contributed by atoms with E-state index >= 15 is 0 Å². The molecule has 0 aromatic heterocycles. The number of carbonyl (C=O) groups excluding carboxylic acids is 2. The normalized spacial score (nSPS) is 10.9. The van der Waals surface area contributed by atoms with Crippen LogP contribution >= 0.6 is 34.8 Å². The molecule has 0 spiro atoms. The summed E-state index contributed by atoms with van der Waals surface area (Å²) in [6.07, 6.45) is -0.582. The monoisotopic (exact) mass is 338 g/mol. The van der Waals surface area contributed by atoms with Crippen molar-refractivity contribution in [1.82, 2.24) is 5.32 Å². The highest BCUT2D eigenvalue weighted by molar-refractivity contribution is 6.76. The zero-order valence-electron chi connectivity index (χ0n) is 11.0. The molecule has 8 heteroatoms. The third-order valence-electron chi connectivity index (χ3n) is 2.42. The molecule has 0 saturated heterocycles. The fraction of sp³-hybridized carbons (Fsp3) is 0.333. The Morgan fingerprint density at radius 2 is 1.65 bits per heavy atom. The zero-order valence-corrected chi connectivity index (χ0v) is 13.3. The molecular formula is C12H13Cl3N2O3. The third kappa shape index (κ3) is 4.44. The number of nitrogens with one attached hydrogen (secondary N) is 2. The van der Waals surface area contributed by atoms with E-state index in [1.807, 2.05) is 0 Å². The topological polar surface area (TPSA) is 67.4 Å². The Labute approximate surface area is 131 Å². The van der Waals surface area contributed by atoms with Gasteiger partial charge in [0.15, 0.2) is 0 Å². The van der Waals surface area contributed by atoms with Gasteiger partial charge in [0.05, 0.1) is 0 Å². The van der Waals surface area contributed by atoms with E-state index in [4.69, 9.17) is 39.5 Å². The standard InChI is InChI=1S/C12H13Cl3N2O3/c1-6-4-8(20-11(19)16-3)5-7(2)9(6)17-10(18)12(13,14)15/h4-5H,1-3H3,(H,16,19)(H,17,18). The first-order valence-electron chi connectivity index (χ1n) is 5.54. The number of amides is 2. The summed E-state index contributed by atoms with van der Waals surface area (Å²) in [4.78, 5) is 22.8. The molecule has 0 saturated carbocycles. The van der Waals surface area contributed by atoms with Gasteiger partial charge in [-0.1, -0.05) is 34.8 Å². The smallest absolute Gasteiger partial charge is 0.410 e. The fourth-order valence-corrected chi connectivity index (χ4v) is 1.66. The molecule has 0 bridgehead atoms. The summed E-state index contributed by atoms with van der Waals surface area (Å²) in [6.45, 7) is 3.47. The van der Waals surface area contributed by atoms with Gasteiger partial charge < -0.3 is 15.4 Å². The van der Waals surface area contributed by atoms with Gasteiger partial charge in [0.2, 0.25) is 0 Å². The van der Waals surface area contributed by atoms with Crippen molar-refractivity contribution in [3.05, 3.63) is 23.3 Å². The molecule has 1 aromatic carbocycles. The molecule has 0 fully saturated rings. The van der Waals surface area contributed by atoms with Crippen molar-refractivity contribution in [1.29, 1.82) is 0 Å². The predicted molar refractivity (Wildman–Crippen MR) is 79.9 cm³/mol. The van der Waals surface area contributed by atoms with Crippen LogP contribution in [0.1, 0.15) is 11.1 Å². The number of halogens is 3. The highest BCUT2D eigenvalue weighted by Crippen LogP contribution is 2.31. The van der Waals surface area contributed by atoms with Crippen LogP contribution in [0.3, 0.4) is 0 Å².